The number of hydrogen-bond donors (Lipinski definition) is 1. The lowest BCUT2D eigenvalue weighted by Crippen LogP contribution is -2.37. The number of halogens is 1. The third kappa shape index (κ3) is 3.55. The molecule has 0 spiro atoms. The molecular formula is C16H24FN. The number of hydrogen-bond acceptors (Lipinski definition) is 1. The van der Waals surface area contributed by atoms with Crippen LogP contribution in [0.3, 0.4) is 0 Å². The normalized spacial score (nSPS) is 23.0. The maximum Gasteiger partial charge on any atom is 0.127 e. The molecule has 1 N–H and O–H groups in total. The Bertz CT molecular complexity index is 412. The van der Waals surface area contributed by atoms with Crippen LogP contribution in [0.15, 0.2) is 18.2 Å². The van der Waals surface area contributed by atoms with Gasteiger partial charge in [0, 0.05) is 18.2 Å². The van der Waals surface area contributed by atoms with E-state index in [0.717, 1.165) is 11.1 Å². The van der Waals surface area contributed by atoms with E-state index in [0.29, 0.717) is 18.0 Å². The monoisotopic (exact) mass is 249 g/mol. The van der Waals surface area contributed by atoms with Gasteiger partial charge >= 0.3 is 0 Å². The summed E-state index contributed by atoms with van der Waals surface area (Å²) in [5.74, 6) is -0.0943. The Morgan fingerprint density at radius 1 is 1.39 bits per heavy atom. The van der Waals surface area contributed by atoms with Crippen LogP contribution >= 0.6 is 0 Å². The maximum atomic E-state index is 13.6. The molecule has 2 heteroatoms. The molecule has 1 nitrogen and oxygen atoms in total. The predicted molar refractivity (Wildman–Crippen MR) is 74.0 cm³/mol. The Hall–Kier alpha value is -0.890. The average Bonchev–Trinajstić information content (AvgIpc) is 2.29. The highest BCUT2D eigenvalue weighted by atomic mass is 19.1. The molecule has 2 rings (SSSR count). The van der Waals surface area contributed by atoms with Gasteiger partial charge in [0.1, 0.15) is 5.82 Å². The zero-order chi connectivity index (χ0) is 13.2. The fourth-order valence-corrected chi connectivity index (χ4v) is 2.97. The number of aryl methyl sites for hydroxylation is 1. The fourth-order valence-electron chi connectivity index (χ4n) is 2.97. The van der Waals surface area contributed by atoms with Crippen molar-refractivity contribution >= 4 is 0 Å². The van der Waals surface area contributed by atoms with Crippen LogP contribution in [-0.4, -0.2) is 6.04 Å². The van der Waals surface area contributed by atoms with Gasteiger partial charge < -0.3 is 5.32 Å². The van der Waals surface area contributed by atoms with E-state index in [2.05, 4.69) is 19.2 Å². The molecule has 1 aliphatic carbocycles. The second kappa shape index (κ2) is 5.40. The summed E-state index contributed by atoms with van der Waals surface area (Å²) in [4.78, 5) is 0. The van der Waals surface area contributed by atoms with Crippen LogP contribution in [0.4, 0.5) is 4.39 Å². The van der Waals surface area contributed by atoms with Crippen molar-refractivity contribution in [3.8, 4) is 0 Å². The summed E-state index contributed by atoms with van der Waals surface area (Å²) in [6.45, 7) is 7.31. The molecule has 1 aromatic rings. The van der Waals surface area contributed by atoms with Crippen molar-refractivity contribution in [3.05, 3.63) is 35.1 Å². The number of nitrogens with one attached hydrogen (secondary N) is 1. The molecule has 0 radical (unpaired) electrons. The minimum atomic E-state index is -0.0943. The Morgan fingerprint density at radius 2 is 2.17 bits per heavy atom. The summed E-state index contributed by atoms with van der Waals surface area (Å²) in [5.41, 5.74) is 2.34. The first kappa shape index (κ1) is 13.5. The van der Waals surface area contributed by atoms with E-state index >= 15 is 0 Å². The average molecular weight is 249 g/mol. The molecule has 100 valence electrons. The van der Waals surface area contributed by atoms with Gasteiger partial charge in [-0.2, -0.15) is 0 Å². The summed E-state index contributed by atoms with van der Waals surface area (Å²) >= 11 is 0. The quantitative estimate of drug-likeness (QED) is 0.847. The van der Waals surface area contributed by atoms with Gasteiger partial charge in [-0.3, -0.25) is 0 Å². The van der Waals surface area contributed by atoms with Crippen molar-refractivity contribution in [3.63, 3.8) is 0 Å². The van der Waals surface area contributed by atoms with Gasteiger partial charge in [-0.1, -0.05) is 38.0 Å². The molecule has 0 amide bonds. The van der Waals surface area contributed by atoms with E-state index in [-0.39, 0.29) is 5.82 Å². The predicted octanol–water partition coefficient (Wildman–Crippen LogP) is 4.19. The van der Waals surface area contributed by atoms with Crippen LogP contribution in [0.5, 0.6) is 0 Å². The van der Waals surface area contributed by atoms with Gasteiger partial charge in [0.15, 0.2) is 0 Å². The minimum Gasteiger partial charge on any atom is -0.310 e. The molecule has 1 aromatic carbocycles. The maximum absolute atomic E-state index is 13.6. The highest BCUT2D eigenvalue weighted by Gasteiger charge is 2.27. The van der Waals surface area contributed by atoms with Crippen LogP contribution in [0.1, 0.15) is 50.7 Å². The van der Waals surface area contributed by atoms with Crippen molar-refractivity contribution < 1.29 is 4.39 Å². The van der Waals surface area contributed by atoms with Crippen LogP contribution in [0.25, 0.3) is 0 Å². The SMILES string of the molecule is Cc1ccc(F)c(CNC2CCCC(C)(C)C2)c1. The summed E-state index contributed by atoms with van der Waals surface area (Å²) in [5, 5.41) is 3.52. The van der Waals surface area contributed by atoms with Crippen LogP contribution in [-0.2, 0) is 6.54 Å². The number of rotatable bonds is 3. The standard InChI is InChI=1S/C16H24FN/c1-12-6-7-15(17)13(9-12)11-18-14-5-4-8-16(2,3)10-14/h6-7,9,14,18H,4-5,8,10-11H2,1-3H3. The summed E-state index contributed by atoms with van der Waals surface area (Å²) in [6, 6.07) is 5.87. The van der Waals surface area contributed by atoms with Crippen molar-refractivity contribution in [1.82, 2.24) is 5.32 Å². The van der Waals surface area contributed by atoms with Crippen molar-refractivity contribution in [1.29, 1.82) is 0 Å². The Morgan fingerprint density at radius 3 is 2.89 bits per heavy atom. The van der Waals surface area contributed by atoms with E-state index in [1.54, 1.807) is 6.07 Å². The van der Waals surface area contributed by atoms with Crippen LogP contribution in [0, 0.1) is 18.2 Å². The zero-order valence-electron chi connectivity index (χ0n) is 11.7. The molecular weight excluding hydrogens is 225 g/mol. The summed E-state index contributed by atoms with van der Waals surface area (Å²) in [6.07, 6.45) is 5.00. The van der Waals surface area contributed by atoms with Gasteiger partial charge in [0.05, 0.1) is 0 Å². The molecule has 18 heavy (non-hydrogen) atoms. The van der Waals surface area contributed by atoms with E-state index in [1.807, 2.05) is 19.1 Å². The lowest BCUT2D eigenvalue weighted by Gasteiger charge is -2.35. The molecule has 1 atom stereocenters. The zero-order valence-corrected chi connectivity index (χ0v) is 11.7. The molecule has 0 heterocycles. The first-order chi connectivity index (χ1) is 8.46. The third-order valence-electron chi connectivity index (χ3n) is 3.99. The van der Waals surface area contributed by atoms with E-state index in [9.17, 15) is 4.39 Å². The highest BCUT2D eigenvalue weighted by Crippen LogP contribution is 2.35. The Labute approximate surface area is 110 Å². The molecule has 0 aliphatic heterocycles. The highest BCUT2D eigenvalue weighted by molar-refractivity contribution is 5.23. The van der Waals surface area contributed by atoms with Gasteiger partial charge in [0.25, 0.3) is 0 Å². The molecule has 1 saturated carbocycles. The molecule has 0 bridgehead atoms. The van der Waals surface area contributed by atoms with E-state index < -0.39 is 0 Å². The second-order valence-electron chi connectivity index (χ2n) is 6.43. The van der Waals surface area contributed by atoms with E-state index in [1.165, 1.54) is 25.7 Å². The third-order valence-corrected chi connectivity index (χ3v) is 3.99. The van der Waals surface area contributed by atoms with Gasteiger partial charge in [-0.25, -0.2) is 4.39 Å². The molecule has 1 unspecified atom stereocenters. The first-order valence-corrected chi connectivity index (χ1v) is 6.95. The molecule has 0 saturated heterocycles. The fraction of sp³-hybridized carbons (Fsp3) is 0.625. The van der Waals surface area contributed by atoms with E-state index in [4.69, 9.17) is 0 Å². The minimum absolute atomic E-state index is 0.0943. The lowest BCUT2D eigenvalue weighted by atomic mass is 9.75. The van der Waals surface area contributed by atoms with Gasteiger partial charge in [0.2, 0.25) is 0 Å². The molecule has 1 aliphatic rings. The lowest BCUT2D eigenvalue weighted by molar-refractivity contribution is 0.197. The summed E-state index contributed by atoms with van der Waals surface area (Å²) < 4.78 is 13.6. The van der Waals surface area contributed by atoms with Crippen molar-refractivity contribution in [2.75, 3.05) is 0 Å². The first-order valence-electron chi connectivity index (χ1n) is 6.95. The molecule has 0 aromatic heterocycles. The Kier molecular flexibility index (Phi) is 4.06. The van der Waals surface area contributed by atoms with Crippen molar-refractivity contribution in [2.45, 2.75) is 59.0 Å². The van der Waals surface area contributed by atoms with Crippen molar-refractivity contribution in [2.24, 2.45) is 5.41 Å². The van der Waals surface area contributed by atoms with Gasteiger partial charge in [-0.15, -0.1) is 0 Å². The largest absolute Gasteiger partial charge is 0.310 e. The Balaban J connectivity index is 1.93. The number of benzene rings is 1. The van der Waals surface area contributed by atoms with Gasteiger partial charge in [-0.05, 0) is 37.7 Å². The molecule has 1 fully saturated rings. The second-order valence-corrected chi connectivity index (χ2v) is 6.43. The van der Waals surface area contributed by atoms with Crippen LogP contribution in [0.2, 0.25) is 0 Å². The topological polar surface area (TPSA) is 12.0 Å². The smallest absolute Gasteiger partial charge is 0.127 e. The summed E-state index contributed by atoms with van der Waals surface area (Å²) in [7, 11) is 0. The van der Waals surface area contributed by atoms with Crippen LogP contribution < -0.4 is 5.32 Å².